The van der Waals surface area contributed by atoms with Gasteiger partial charge in [0.15, 0.2) is 0 Å². The molecule has 1 aliphatic heterocycles. The maximum atomic E-state index is 6.04. The van der Waals surface area contributed by atoms with Gasteiger partial charge >= 0.3 is 0 Å². The van der Waals surface area contributed by atoms with Gasteiger partial charge in [-0.15, -0.1) is 0 Å². The number of nitrogens with zero attached hydrogens (tertiary/aromatic N) is 1. The summed E-state index contributed by atoms with van der Waals surface area (Å²) >= 11 is 0. The summed E-state index contributed by atoms with van der Waals surface area (Å²) in [5.74, 6) is 0.952. The molecule has 4 rings (SSSR count). The van der Waals surface area contributed by atoms with E-state index in [4.69, 9.17) is 9.47 Å². The summed E-state index contributed by atoms with van der Waals surface area (Å²) in [6.45, 7) is 5.30. The van der Waals surface area contributed by atoms with Crippen LogP contribution in [0.1, 0.15) is 24.0 Å². The van der Waals surface area contributed by atoms with E-state index >= 15 is 0 Å². The highest BCUT2D eigenvalue weighted by Gasteiger charge is 2.32. The van der Waals surface area contributed by atoms with E-state index in [1.54, 1.807) is 0 Å². The fourth-order valence-electron chi connectivity index (χ4n) is 3.53. The lowest BCUT2D eigenvalue weighted by atomic mass is 10.2. The Kier molecular flexibility index (Phi) is 5.85. The van der Waals surface area contributed by atoms with Crippen molar-refractivity contribution in [2.24, 2.45) is 0 Å². The average Bonchev–Trinajstić information content (AvgIpc) is 3.54. The van der Waals surface area contributed by atoms with E-state index in [0.717, 1.165) is 44.6 Å². The molecule has 138 valence electrons. The van der Waals surface area contributed by atoms with Crippen molar-refractivity contribution >= 4 is 0 Å². The molecule has 4 nitrogen and oxygen atoms in total. The first-order chi connectivity index (χ1) is 12.9. The zero-order chi connectivity index (χ0) is 17.6. The second kappa shape index (κ2) is 8.67. The topological polar surface area (TPSA) is 33.7 Å². The molecule has 2 aromatic rings. The third-order valence-corrected chi connectivity index (χ3v) is 5.13. The van der Waals surface area contributed by atoms with Crippen LogP contribution in [0.2, 0.25) is 0 Å². The second-order valence-corrected chi connectivity index (χ2v) is 7.23. The average molecular weight is 352 g/mol. The van der Waals surface area contributed by atoms with Crippen LogP contribution in [0.4, 0.5) is 0 Å². The quantitative estimate of drug-likeness (QED) is 0.791. The van der Waals surface area contributed by atoms with Gasteiger partial charge in [0.1, 0.15) is 12.4 Å². The predicted molar refractivity (Wildman–Crippen MR) is 103 cm³/mol. The number of para-hydroxylation sites is 1. The molecule has 2 fully saturated rings. The highest BCUT2D eigenvalue weighted by atomic mass is 16.5. The minimum Gasteiger partial charge on any atom is -0.489 e. The van der Waals surface area contributed by atoms with E-state index in [-0.39, 0.29) is 0 Å². The van der Waals surface area contributed by atoms with Crippen molar-refractivity contribution in [2.45, 2.75) is 38.1 Å². The van der Waals surface area contributed by atoms with E-state index in [1.165, 1.54) is 24.0 Å². The van der Waals surface area contributed by atoms with Crippen LogP contribution in [-0.2, 0) is 17.9 Å². The van der Waals surface area contributed by atoms with Crippen LogP contribution in [0.25, 0.3) is 0 Å². The molecule has 1 atom stereocenters. The first-order valence-corrected chi connectivity index (χ1v) is 9.69. The van der Waals surface area contributed by atoms with Gasteiger partial charge in [0.2, 0.25) is 0 Å². The molecule has 0 radical (unpaired) electrons. The Morgan fingerprint density at radius 3 is 2.69 bits per heavy atom. The molecule has 0 amide bonds. The summed E-state index contributed by atoms with van der Waals surface area (Å²) in [4.78, 5) is 2.59. The molecule has 1 heterocycles. The smallest absolute Gasteiger partial charge is 0.124 e. The largest absolute Gasteiger partial charge is 0.489 e. The summed E-state index contributed by atoms with van der Waals surface area (Å²) in [6, 6.07) is 19.4. The molecular formula is C22H28N2O2. The number of ether oxygens (including phenoxy) is 2. The van der Waals surface area contributed by atoms with Crippen molar-refractivity contribution < 1.29 is 9.47 Å². The van der Waals surface area contributed by atoms with Gasteiger partial charge in [0.25, 0.3) is 0 Å². The van der Waals surface area contributed by atoms with Gasteiger partial charge in [0.05, 0.1) is 12.7 Å². The monoisotopic (exact) mass is 352 g/mol. The summed E-state index contributed by atoms with van der Waals surface area (Å²) in [5, 5.41) is 3.56. The van der Waals surface area contributed by atoms with Crippen LogP contribution in [-0.4, -0.2) is 43.3 Å². The van der Waals surface area contributed by atoms with Gasteiger partial charge in [-0.1, -0.05) is 48.5 Å². The van der Waals surface area contributed by atoms with Crippen molar-refractivity contribution in [3.05, 3.63) is 65.7 Å². The van der Waals surface area contributed by atoms with Gasteiger partial charge in [0, 0.05) is 37.8 Å². The molecular weight excluding hydrogens is 324 g/mol. The Hall–Kier alpha value is -1.88. The first kappa shape index (κ1) is 17.5. The maximum Gasteiger partial charge on any atom is 0.124 e. The molecule has 1 N–H and O–H groups in total. The van der Waals surface area contributed by atoms with Crippen molar-refractivity contribution in [3.8, 4) is 5.75 Å². The van der Waals surface area contributed by atoms with Crippen LogP contribution < -0.4 is 10.1 Å². The standard InChI is InChI=1S/C22H28N2O2/c1-2-6-18(7-3-1)17-26-22-9-5-4-8-19(22)14-23-15-21-16-24(12-13-25-21)20-10-11-20/h1-9,20-21,23H,10-17H2. The number of morpholine rings is 1. The molecule has 0 bridgehead atoms. The van der Waals surface area contributed by atoms with Gasteiger partial charge in [-0.05, 0) is 24.5 Å². The number of rotatable bonds is 8. The third-order valence-electron chi connectivity index (χ3n) is 5.13. The van der Waals surface area contributed by atoms with Gasteiger partial charge < -0.3 is 14.8 Å². The van der Waals surface area contributed by atoms with Crippen LogP contribution in [0, 0.1) is 0 Å². The predicted octanol–water partition coefficient (Wildman–Crippen LogP) is 3.22. The Morgan fingerprint density at radius 2 is 1.85 bits per heavy atom. The maximum absolute atomic E-state index is 6.04. The van der Waals surface area contributed by atoms with Crippen molar-refractivity contribution in [2.75, 3.05) is 26.2 Å². The number of benzene rings is 2. The van der Waals surface area contributed by atoms with Gasteiger partial charge in [-0.3, -0.25) is 4.90 Å². The Labute approximate surface area is 156 Å². The van der Waals surface area contributed by atoms with Crippen LogP contribution in [0.5, 0.6) is 5.75 Å². The summed E-state index contributed by atoms with van der Waals surface area (Å²) in [5.41, 5.74) is 2.38. The molecule has 2 aromatic carbocycles. The Balaban J connectivity index is 1.26. The van der Waals surface area contributed by atoms with Crippen molar-refractivity contribution in [1.29, 1.82) is 0 Å². The zero-order valence-corrected chi connectivity index (χ0v) is 15.3. The summed E-state index contributed by atoms with van der Waals surface area (Å²) < 4.78 is 12.0. The van der Waals surface area contributed by atoms with Crippen LogP contribution >= 0.6 is 0 Å². The lowest BCUT2D eigenvalue weighted by Crippen LogP contribution is -2.47. The Bertz CT molecular complexity index is 688. The third kappa shape index (κ3) is 4.85. The van der Waals surface area contributed by atoms with Gasteiger partial charge in [-0.25, -0.2) is 0 Å². The summed E-state index contributed by atoms with van der Waals surface area (Å²) in [6.07, 6.45) is 3.03. The number of hydrogen-bond acceptors (Lipinski definition) is 4. The molecule has 1 saturated heterocycles. The lowest BCUT2D eigenvalue weighted by molar-refractivity contribution is -0.0301. The fourth-order valence-corrected chi connectivity index (χ4v) is 3.53. The SMILES string of the molecule is c1ccc(COc2ccccc2CNCC2CN(C3CC3)CCO2)cc1. The fraction of sp³-hybridized carbons (Fsp3) is 0.455. The first-order valence-electron chi connectivity index (χ1n) is 9.69. The lowest BCUT2D eigenvalue weighted by Gasteiger charge is -2.33. The minimum atomic E-state index is 0.293. The van der Waals surface area contributed by atoms with E-state index in [0.29, 0.717) is 12.7 Å². The number of hydrogen-bond donors (Lipinski definition) is 1. The van der Waals surface area contributed by atoms with Gasteiger partial charge in [-0.2, -0.15) is 0 Å². The van der Waals surface area contributed by atoms with Crippen molar-refractivity contribution in [1.82, 2.24) is 10.2 Å². The molecule has 1 saturated carbocycles. The van der Waals surface area contributed by atoms with Crippen LogP contribution in [0.15, 0.2) is 54.6 Å². The van der Waals surface area contributed by atoms with E-state index in [2.05, 4.69) is 34.5 Å². The number of nitrogens with one attached hydrogen (secondary N) is 1. The van der Waals surface area contributed by atoms with Crippen LogP contribution in [0.3, 0.4) is 0 Å². The summed E-state index contributed by atoms with van der Waals surface area (Å²) in [7, 11) is 0. The van der Waals surface area contributed by atoms with E-state index < -0.39 is 0 Å². The zero-order valence-electron chi connectivity index (χ0n) is 15.3. The molecule has 4 heteroatoms. The molecule has 1 unspecified atom stereocenters. The van der Waals surface area contributed by atoms with E-state index in [1.807, 2.05) is 30.3 Å². The molecule has 0 aromatic heterocycles. The molecule has 1 aliphatic carbocycles. The van der Waals surface area contributed by atoms with E-state index in [9.17, 15) is 0 Å². The normalized spacial score (nSPS) is 20.8. The molecule has 0 spiro atoms. The minimum absolute atomic E-state index is 0.293. The van der Waals surface area contributed by atoms with Crippen molar-refractivity contribution in [3.63, 3.8) is 0 Å². The Morgan fingerprint density at radius 1 is 1.04 bits per heavy atom. The molecule has 26 heavy (non-hydrogen) atoms. The molecule has 2 aliphatic rings. The second-order valence-electron chi connectivity index (χ2n) is 7.23. The highest BCUT2D eigenvalue weighted by molar-refractivity contribution is 5.33. The highest BCUT2D eigenvalue weighted by Crippen LogP contribution is 2.28.